The molecular formula is C43H74N2O14. The molecule has 0 amide bonds. The lowest BCUT2D eigenvalue weighted by Crippen LogP contribution is -2.64. The number of carboxylic acids is 1. The van der Waals surface area contributed by atoms with Crippen LogP contribution in [0.2, 0.25) is 0 Å². The first-order chi connectivity index (χ1) is 27.4. The van der Waals surface area contributed by atoms with E-state index in [-0.39, 0.29) is 36.8 Å². The van der Waals surface area contributed by atoms with E-state index in [2.05, 4.69) is 9.80 Å². The van der Waals surface area contributed by atoms with Crippen LogP contribution in [0, 0.1) is 35.5 Å². The number of piperidine rings is 1. The van der Waals surface area contributed by atoms with Crippen LogP contribution in [0.3, 0.4) is 0 Å². The molecule has 1 aliphatic carbocycles. The van der Waals surface area contributed by atoms with Crippen molar-refractivity contribution in [1.82, 2.24) is 9.80 Å². The fourth-order valence-corrected chi connectivity index (χ4v) is 10.7. The Kier molecular flexibility index (Phi) is 15.1. The quantitative estimate of drug-likeness (QED) is 0.246. The molecule has 16 nitrogen and oxygen atoms in total. The van der Waals surface area contributed by atoms with Gasteiger partial charge < -0.3 is 58.5 Å². The molecular weight excluding hydrogens is 768 g/mol. The van der Waals surface area contributed by atoms with E-state index < -0.39 is 113 Å². The van der Waals surface area contributed by atoms with Crippen LogP contribution < -0.4 is 0 Å². The maximum atomic E-state index is 14.3. The number of likely N-dealkylation sites (N-methyl/N-ethyl adjacent to an activating group) is 1. The van der Waals surface area contributed by atoms with Gasteiger partial charge in [0.15, 0.2) is 12.6 Å². The van der Waals surface area contributed by atoms with E-state index in [0.717, 1.165) is 0 Å². The third-order valence-electron chi connectivity index (χ3n) is 14.9. The average molecular weight is 843 g/mol. The number of hydrogen-bond donors (Lipinski definition) is 4. The molecule has 4 heterocycles. The molecule has 59 heavy (non-hydrogen) atoms. The molecule has 0 radical (unpaired) electrons. The van der Waals surface area contributed by atoms with E-state index in [9.17, 15) is 34.8 Å². The molecule has 4 N–H and O–H groups in total. The molecule has 5 rings (SSSR count). The SMILES string of the molecule is CO[C@]1(C)C[C@H](O[C@H]2[C@H](C)[C@@H](O[C@@H]3O[C@H](C)C[C@@H](N4CCC(C(=O)O)CC4)[C@@H]3N(C)C)[C@@](C)(OC)C[C@@H](C)C(=O)[C@H](C)[C@@H](O)[C@@]3(O)C(C)[C@H]3OC(=O)[C@@H]2C)O[C@@H](C)[C@@H]1O. The minimum atomic E-state index is -1.82. The minimum absolute atomic E-state index is 0.0468. The molecule has 0 aromatic heterocycles. The van der Waals surface area contributed by atoms with Crippen molar-refractivity contribution in [2.75, 3.05) is 41.4 Å². The van der Waals surface area contributed by atoms with Crippen molar-refractivity contribution in [3.8, 4) is 0 Å². The standard InChI is InChI=1S/C43H74N2O14/c1-21-19-42(9,54-13)36(59-40-31(44(10)11)29(18-22(2)55-40)45-16-14-28(15-17-45)38(49)50)24(4)33(57-30-20-41(8,53-12)35(48)27(7)56-30)25(5)39(51)58-37-26(6)43(37,52)34(47)23(3)32(21)46/h21-31,33-37,40,47-48,52H,14-20H2,1-13H3,(H,49,50)/t21-,22-,23+,24+,25-,26?,27+,29-,30+,31+,33+,34-,35+,36-,37-,40+,41-,42+,43+/m1/s1. The number of rotatable bonds is 9. The molecule has 0 spiro atoms. The minimum Gasteiger partial charge on any atom is -0.481 e. The lowest BCUT2D eigenvalue weighted by Gasteiger charge is -2.52. The lowest BCUT2D eigenvalue weighted by atomic mass is 9.75. The Labute approximate surface area is 350 Å². The summed E-state index contributed by atoms with van der Waals surface area (Å²) in [5.74, 6) is -6.09. The number of aliphatic carboxylic acids is 1. The summed E-state index contributed by atoms with van der Waals surface area (Å²) in [5.41, 5.74) is -4.08. The van der Waals surface area contributed by atoms with Gasteiger partial charge in [0.2, 0.25) is 0 Å². The highest BCUT2D eigenvalue weighted by molar-refractivity contribution is 5.84. The van der Waals surface area contributed by atoms with Crippen molar-refractivity contribution < 1.29 is 68.0 Å². The number of carboxylic acid groups (broad SMARTS) is 1. The Bertz CT molecular complexity index is 1480. The summed E-state index contributed by atoms with van der Waals surface area (Å²) in [6, 6.07) is -0.361. The number of nitrogens with zero attached hydrogens (tertiary/aromatic N) is 2. The van der Waals surface area contributed by atoms with Gasteiger partial charge in [-0.1, -0.05) is 27.7 Å². The van der Waals surface area contributed by atoms with Crippen LogP contribution in [-0.2, 0) is 47.5 Å². The zero-order chi connectivity index (χ0) is 44.1. The Morgan fingerprint density at radius 2 is 1.47 bits per heavy atom. The summed E-state index contributed by atoms with van der Waals surface area (Å²) in [6.45, 7) is 17.2. The second kappa shape index (κ2) is 18.5. The highest BCUT2D eigenvalue weighted by Gasteiger charge is 2.70. The summed E-state index contributed by atoms with van der Waals surface area (Å²) in [6.07, 6.45) is -6.05. The zero-order valence-electron chi connectivity index (χ0n) is 37.5. The van der Waals surface area contributed by atoms with Crippen molar-refractivity contribution in [3.63, 3.8) is 0 Å². The molecule has 0 bridgehead atoms. The van der Waals surface area contributed by atoms with Gasteiger partial charge in [0.25, 0.3) is 0 Å². The smallest absolute Gasteiger partial charge is 0.311 e. The van der Waals surface area contributed by atoms with Gasteiger partial charge in [-0.05, 0) is 87.5 Å². The van der Waals surface area contributed by atoms with Crippen LogP contribution in [0.5, 0.6) is 0 Å². The van der Waals surface area contributed by atoms with Gasteiger partial charge in [-0.25, -0.2) is 0 Å². The number of ketones is 1. The molecule has 16 heteroatoms. The second-order valence-electron chi connectivity index (χ2n) is 19.3. The first-order valence-electron chi connectivity index (χ1n) is 21.6. The van der Waals surface area contributed by atoms with Gasteiger partial charge in [-0.2, -0.15) is 0 Å². The Balaban J connectivity index is 1.59. The Hall–Kier alpha value is -1.83. The Morgan fingerprint density at radius 1 is 0.864 bits per heavy atom. The summed E-state index contributed by atoms with van der Waals surface area (Å²) in [4.78, 5) is 44.7. The van der Waals surface area contributed by atoms with Gasteiger partial charge >= 0.3 is 11.9 Å². The molecule has 4 saturated heterocycles. The van der Waals surface area contributed by atoms with Gasteiger partial charge in [0.05, 0.1) is 59.6 Å². The number of carbonyl (C=O) groups is 3. The zero-order valence-corrected chi connectivity index (χ0v) is 37.5. The van der Waals surface area contributed by atoms with Gasteiger partial charge in [-0.3, -0.25) is 19.3 Å². The predicted molar refractivity (Wildman–Crippen MR) is 214 cm³/mol. The molecule has 5 aliphatic rings. The number of hydrogen-bond acceptors (Lipinski definition) is 15. The molecule has 0 aromatic carbocycles. The number of aliphatic hydroxyl groups is 3. The van der Waals surface area contributed by atoms with Crippen molar-refractivity contribution in [2.24, 2.45) is 35.5 Å². The molecule has 340 valence electrons. The molecule has 4 aliphatic heterocycles. The third kappa shape index (κ3) is 9.44. The second-order valence-corrected chi connectivity index (χ2v) is 19.3. The number of Topliss-reactive ketones (excluding diaryl/α,β-unsaturated/α-hetero) is 1. The number of ether oxygens (including phenoxy) is 7. The summed E-state index contributed by atoms with van der Waals surface area (Å²) >= 11 is 0. The number of esters is 1. The van der Waals surface area contributed by atoms with Crippen molar-refractivity contribution in [1.29, 1.82) is 0 Å². The first-order valence-corrected chi connectivity index (χ1v) is 21.6. The average Bonchev–Trinajstić information content (AvgIpc) is 3.72. The van der Waals surface area contributed by atoms with Crippen LogP contribution >= 0.6 is 0 Å². The molecule has 5 fully saturated rings. The largest absolute Gasteiger partial charge is 0.481 e. The van der Waals surface area contributed by atoms with E-state index in [1.807, 2.05) is 34.9 Å². The lowest BCUT2D eigenvalue weighted by molar-refractivity contribution is -0.314. The van der Waals surface area contributed by atoms with E-state index in [1.54, 1.807) is 48.7 Å². The first kappa shape index (κ1) is 48.2. The number of aliphatic hydroxyl groups excluding tert-OH is 2. The maximum absolute atomic E-state index is 14.3. The summed E-state index contributed by atoms with van der Waals surface area (Å²) < 4.78 is 45.2. The van der Waals surface area contributed by atoms with Crippen molar-refractivity contribution >= 4 is 17.7 Å². The maximum Gasteiger partial charge on any atom is 0.311 e. The van der Waals surface area contributed by atoms with E-state index in [0.29, 0.717) is 32.4 Å². The van der Waals surface area contributed by atoms with E-state index in [1.165, 1.54) is 7.11 Å². The third-order valence-corrected chi connectivity index (χ3v) is 14.9. The number of carbonyl (C=O) groups excluding carboxylic acids is 2. The van der Waals surface area contributed by atoms with Crippen molar-refractivity contribution in [2.45, 2.75) is 179 Å². The molecule has 19 atom stereocenters. The Morgan fingerprint density at radius 3 is 2.03 bits per heavy atom. The highest BCUT2D eigenvalue weighted by Crippen LogP contribution is 2.52. The van der Waals surface area contributed by atoms with Gasteiger partial charge in [0.1, 0.15) is 23.6 Å². The van der Waals surface area contributed by atoms with Crippen LogP contribution in [-0.4, -0.2) is 174 Å². The monoisotopic (exact) mass is 843 g/mol. The fraction of sp³-hybridized carbons (Fsp3) is 0.930. The van der Waals surface area contributed by atoms with Crippen LogP contribution in [0.4, 0.5) is 0 Å². The number of fused-ring (bicyclic) bond motifs is 1. The number of methoxy groups -OCH3 is 2. The van der Waals surface area contributed by atoms with Crippen LogP contribution in [0.1, 0.15) is 94.4 Å². The fourth-order valence-electron chi connectivity index (χ4n) is 10.7. The number of likely N-dealkylation sites (tertiary alicyclic amines) is 1. The molecule has 0 aromatic rings. The summed E-state index contributed by atoms with van der Waals surface area (Å²) in [7, 11) is 6.99. The van der Waals surface area contributed by atoms with Gasteiger partial charge in [-0.15, -0.1) is 0 Å². The normalized spacial score (nSPS) is 48.6. The van der Waals surface area contributed by atoms with E-state index in [4.69, 9.17) is 33.2 Å². The van der Waals surface area contributed by atoms with Crippen molar-refractivity contribution in [3.05, 3.63) is 0 Å². The van der Waals surface area contributed by atoms with Crippen LogP contribution in [0.25, 0.3) is 0 Å². The molecule has 1 unspecified atom stereocenters. The van der Waals surface area contributed by atoms with E-state index >= 15 is 0 Å². The summed E-state index contributed by atoms with van der Waals surface area (Å²) in [5, 5.41) is 43.9. The highest BCUT2D eigenvalue weighted by atomic mass is 16.7. The van der Waals surface area contributed by atoms with Gasteiger partial charge in [0, 0.05) is 50.4 Å². The molecule has 1 saturated carbocycles. The van der Waals surface area contributed by atoms with Crippen LogP contribution in [0.15, 0.2) is 0 Å². The predicted octanol–water partition coefficient (Wildman–Crippen LogP) is 2.46. The topological polar surface area (TPSA) is 203 Å².